The molecule has 5 nitrogen and oxygen atoms in total. The van der Waals surface area contributed by atoms with Crippen LogP contribution in [0, 0.1) is 40.4 Å². The summed E-state index contributed by atoms with van der Waals surface area (Å²) in [7, 11) is 0. The van der Waals surface area contributed by atoms with Crippen molar-refractivity contribution in [3.05, 3.63) is 52.6 Å². The second kappa shape index (κ2) is 10.1. The fourth-order valence-electron chi connectivity index (χ4n) is 9.08. The molecule has 5 heteroatoms. The molecule has 0 amide bonds. The molecule has 206 valence electrons. The molecule has 0 spiro atoms. The molecule has 1 heterocycles. The number of carbonyl (C=O) groups is 2. The molecule has 0 radical (unpaired) electrons. The Bertz CT molecular complexity index is 1290. The Kier molecular flexibility index (Phi) is 6.84. The van der Waals surface area contributed by atoms with Gasteiger partial charge in [-0.15, -0.1) is 0 Å². The molecule has 6 rings (SSSR count). The van der Waals surface area contributed by atoms with E-state index in [0.29, 0.717) is 24.2 Å². The third-order valence-corrected chi connectivity index (χ3v) is 10.9. The van der Waals surface area contributed by atoms with Gasteiger partial charge in [0.2, 0.25) is 0 Å². The molecule has 5 aliphatic rings. The van der Waals surface area contributed by atoms with Crippen molar-refractivity contribution in [1.82, 2.24) is 0 Å². The Hall–Kier alpha value is -2.68. The van der Waals surface area contributed by atoms with Crippen LogP contribution in [0.15, 0.2) is 47.1 Å². The molecule has 39 heavy (non-hydrogen) atoms. The molecule has 3 fully saturated rings. The number of morpholine rings is 1. The van der Waals surface area contributed by atoms with E-state index in [-0.39, 0.29) is 29.5 Å². The smallest absolute Gasteiger partial charge is 0.156 e. The SMILES string of the molecule is CC(=O)[C@@]1(C#CCO)CC[C@H]2[C@@H]3CC(C)C4=CC(=O)CCC4=C3[C@@H](c3ccc(N4CCOCC4)cc3)C[C@@]21C. The first kappa shape index (κ1) is 26.5. The van der Waals surface area contributed by atoms with E-state index in [0.717, 1.165) is 58.4 Å². The van der Waals surface area contributed by atoms with Gasteiger partial charge in [-0.1, -0.05) is 43.4 Å². The minimum absolute atomic E-state index is 0.138. The van der Waals surface area contributed by atoms with Gasteiger partial charge in [-0.2, -0.15) is 0 Å². The Labute approximate surface area is 232 Å². The van der Waals surface area contributed by atoms with Crippen LogP contribution in [0.25, 0.3) is 0 Å². The number of ketones is 2. The first-order valence-electron chi connectivity index (χ1n) is 14.8. The van der Waals surface area contributed by atoms with Crippen LogP contribution >= 0.6 is 0 Å². The topological polar surface area (TPSA) is 66.8 Å². The Morgan fingerprint density at radius 3 is 2.62 bits per heavy atom. The van der Waals surface area contributed by atoms with E-state index in [1.165, 1.54) is 28.0 Å². The summed E-state index contributed by atoms with van der Waals surface area (Å²) in [6, 6.07) is 9.09. The largest absolute Gasteiger partial charge is 0.384 e. The number of nitrogens with zero attached hydrogens (tertiary/aromatic N) is 1. The molecule has 1 aromatic rings. The number of aliphatic hydroxyl groups is 1. The number of hydrogen-bond acceptors (Lipinski definition) is 5. The fourth-order valence-corrected chi connectivity index (χ4v) is 9.08. The van der Waals surface area contributed by atoms with Crippen LogP contribution in [-0.2, 0) is 14.3 Å². The number of ether oxygens (including phenoxy) is 1. The Morgan fingerprint density at radius 1 is 1.18 bits per heavy atom. The number of benzene rings is 1. The summed E-state index contributed by atoms with van der Waals surface area (Å²) >= 11 is 0. The predicted molar refractivity (Wildman–Crippen MR) is 152 cm³/mol. The molecule has 6 atom stereocenters. The number of hydrogen-bond donors (Lipinski definition) is 1. The van der Waals surface area contributed by atoms with E-state index in [2.05, 4.69) is 54.9 Å². The minimum Gasteiger partial charge on any atom is -0.384 e. The van der Waals surface area contributed by atoms with E-state index in [4.69, 9.17) is 4.74 Å². The number of rotatable bonds is 3. The standard InChI is InChI=1S/C34H41NO4/c1-22-19-29-31-11-13-34(23(2)37,12-4-16-36)33(31,3)21-30(32(29)27-10-9-26(38)20-28(22)27)24-5-7-25(8-6-24)35-14-17-39-18-15-35/h5-8,20,22,29-31,36H,9-11,13-19,21H2,1-3H3/t22?,29-,30+,31-,33-,34+/m0/s1. The second-order valence-corrected chi connectivity index (χ2v) is 12.7. The molecule has 1 N–H and O–H groups in total. The van der Waals surface area contributed by atoms with Crippen LogP contribution < -0.4 is 4.90 Å². The van der Waals surface area contributed by atoms with Gasteiger partial charge in [0.1, 0.15) is 12.4 Å². The number of anilines is 1. The lowest BCUT2D eigenvalue weighted by molar-refractivity contribution is -0.130. The van der Waals surface area contributed by atoms with Gasteiger partial charge in [0.25, 0.3) is 0 Å². The van der Waals surface area contributed by atoms with Crippen LogP contribution in [0.1, 0.15) is 70.8 Å². The molecule has 1 aromatic carbocycles. The zero-order valence-corrected chi connectivity index (χ0v) is 23.6. The first-order chi connectivity index (χ1) is 18.8. The summed E-state index contributed by atoms with van der Waals surface area (Å²) in [5, 5.41) is 9.60. The van der Waals surface area contributed by atoms with Crippen LogP contribution in [0.2, 0.25) is 0 Å². The third-order valence-electron chi connectivity index (χ3n) is 10.9. The van der Waals surface area contributed by atoms with Gasteiger partial charge >= 0.3 is 0 Å². The molecule has 4 aliphatic carbocycles. The highest BCUT2D eigenvalue weighted by Crippen LogP contribution is 2.70. The highest BCUT2D eigenvalue weighted by atomic mass is 16.5. The van der Waals surface area contributed by atoms with E-state index in [1.807, 2.05) is 6.08 Å². The molecule has 0 bridgehead atoms. The van der Waals surface area contributed by atoms with Gasteiger partial charge in [0.05, 0.1) is 18.6 Å². The maximum atomic E-state index is 13.4. The van der Waals surface area contributed by atoms with Crippen molar-refractivity contribution in [3.63, 3.8) is 0 Å². The van der Waals surface area contributed by atoms with Crippen molar-refractivity contribution in [1.29, 1.82) is 0 Å². The van der Waals surface area contributed by atoms with E-state index in [9.17, 15) is 14.7 Å². The van der Waals surface area contributed by atoms with Crippen LogP contribution in [0.5, 0.6) is 0 Å². The highest BCUT2D eigenvalue weighted by Gasteiger charge is 2.65. The average molecular weight is 528 g/mol. The van der Waals surface area contributed by atoms with Gasteiger partial charge in [-0.05, 0) is 97.1 Å². The third kappa shape index (κ3) is 4.14. The number of Topliss-reactive ketones (excluding diaryl/α,β-unsaturated/α-hetero) is 1. The van der Waals surface area contributed by atoms with Crippen molar-refractivity contribution in [2.45, 2.75) is 65.2 Å². The van der Waals surface area contributed by atoms with Crippen molar-refractivity contribution >= 4 is 17.3 Å². The van der Waals surface area contributed by atoms with Gasteiger partial charge < -0.3 is 14.7 Å². The lowest BCUT2D eigenvalue weighted by atomic mass is 9.47. The van der Waals surface area contributed by atoms with Crippen molar-refractivity contribution in [2.75, 3.05) is 37.8 Å². The monoisotopic (exact) mass is 527 g/mol. The van der Waals surface area contributed by atoms with Crippen LogP contribution in [0.3, 0.4) is 0 Å². The molecule has 1 aliphatic heterocycles. The molecule has 1 saturated heterocycles. The zero-order valence-electron chi connectivity index (χ0n) is 23.6. The highest BCUT2D eigenvalue weighted by molar-refractivity contribution is 5.93. The van der Waals surface area contributed by atoms with E-state index >= 15 is 0 Å². The van der Waals surface area contributed by atoms with Crippen molar-refractivity contribution < 1.29 is 19.4 Å². The quantitative estimate of drug-likeness (QED) is 0.545. The van der Waals surface area contributed by atoms with E-state index in [1.54, 1.807) is 6.92 Å². The lowest BCUT2D eigenvalue weighted by Crippen LogP contribution is -2.50. The molecule has 2 saturated carbocycles. The van der Waals surface area contributed by atoms with Gasteiger partial charge in [-0.25, -0.2) is 0 Å². The molecule has 0 aromatic heterocycles. The van der Waals surface area contributed by atoms with E-state index < -0.39 is 5.41 Å². The maximum absolute atomic E-state index is 13.4. The number of carbonyl (C=O) groups excluding carboxylic acids is 2. The van der Waals surface area contributed by atoms with Crippen LogP contribution in [0.4, 0.5) is 5.69 Å². The van der Waals surface area contributed by atoms with Crippen molar-refractivity contribution in [2.24, 2.45) is 28.6 Å². The first-order valence-corrected chi connectivity index (χ1v) is 14.8. The van der Waals surface area contributed by atoms with Gasteiger partial charge in [0.15, 0.2) is 5.78 Å². The summed E-state index contributed by atoms with van der Waals surface area (Å²) in [6.45, 7) is 9.41. The summed E-state index contributed by atoms with van der Waals surface area (Å²) in [4.78, 5) is 28.3. The summed E-state index contributed by atoms with van der Waals surface area (Å²) in [5.41, 5.74) is 5.72. The molecule has 1 unspecified atom stereocenters. The zero-order chi connectivity index (χ0) is 27.4. The number of allylic oxidation sites excluding steroid dienone is 4. The normalized spacial score (nSPS) is 35.8. The predicted octanol–water partition coefficient (Wildman–Crippen LogP) is 5.24. The minimum atomic E-state index is -0.732. The average Bonchev–Trinajstić information content (AvgIpc) is 3.25. The summed E-state index contributed by atoms with van der Waals surface area (Å²) in [6.07, 6.45) is 6.96. The Morgan fingerprint density at radius 2 is 1.92 bits per heavy atom. The second-order valence-electron chi connectivity index (χ2n) is 12.7. The molecular formula is C34H41NO4. The lowest BCUT2D eigenvalue weighted by Gasteiger charge is -2.55. The number of aliphatic hydroxyl groups excluding tert-OH is 1. The van der Waals surface area contributed by atoms with Crippen LogP contribution in [-0.4, -0.2) is 49.6 Å². The molecular weight excluding hydrogens is 486 g/mol. The number of fused-ring (bicyclic) bond motifs is 4. The summed E-state index contributed by atoms with van der Waals surface area (Å²) < 4.78 is 5.55. The summed E-state index contributed by atoms with van der Waals surface area (Å²) in [5.74, 6) is 7.89. The Balaban J connectivity index is 1.49. The van der Waals surface area contributed by atoms with Gasteiger partial charge in [0, 0.05) is 31.1 Å². The maximum Gasteiger partial charge on any atom is 0.156 e. The van der Waals surface area contributed by atoms with Gasteiger partial charge in [-0.3, -0.25) is 9.59 Å². The fraction of sp³-hybridized carbons (Fsp3) is 0.588. The van der Waals surface area contributed by atoms with Crippen molar-refractivity contribution in [3.8, 4) is 11.8 Å².